The Morgan fingerprint density at radius 1 is 1.13 bits per heavy atom. The second kappa shape index (κ2) is 8.83. The first-order valence-electron chi connectivity index (χ1n) is 11.1. The molecule has 0 unspecified atom stereocenters. The van der Waals surface area contributed by atoms with E-state index in [2.05, 4.69) is 32.7 Å². The van der Waals surface area contributed by atoms with Crippen LogP contribution >= 0.6 is 11.8 Å². The van der Waals surface area contributed by atoms with Gasteiger partial charge in [-0.2, -0.15) is 0 Å². The number of carbonyl (C=O) groups is 1. The molecule has 0 spiro atoms. The van der Waals surface area contributed by atoms with Crippen LogP contribution in [0.4, 0.5) is 5.69 Å². The molecule has 1 aromatic carbocycles. The molecule has 3 heterocycles. The molecule has 1 aliphatic carbocycles. The van der Waals surface area contributed by atoms with Gasteiger partial charge >= 0.3 is 0 Å². The number of hydrogen-bond donors (Lipinski definition) is 0. The molecule has 6 nitrogen and oxygen atoms in total. The Morgan fingerprint density at radius 3 is 2.84 bits per heavy atom. The number of carbonyl (C=O) groups excluding carboxylic acids is 1. The Labute approximate surface area is 187 Å². The van der Waals surface area contributed by atoms with Gasteiger partial charge < -0.3 is 4.90 Å². The SMILES string of the molecule is C[C@@H]1CCCC[C@@H]1n1c(SCC(=O)N2CCc3ccccc32)nnc1-c1cccnc1. The number of pyridine rings is 1. The van der Waals surface area contributed by atoms with Crippen LogP contribution < -0.4 is 4.90 Å². The minimum atomic E-state index is 0.129. The fourth-order valence-corrected chi connectivity index (χ4v) is 5.72. The summed E-state index contributed by atoms with van der Waals surface area (Å²) in [7, 11) is 0. The van der Waals surface area contributed by atoms with Crippen molar-refractivity contribution in [3.8, 4) is 11.4 Å². The first-order chi connectivity index (χ1) is 15.2. The molecule has 1 saturated carbocycles. The zero-order valence-electron chi connectivity index (χ0n) is 17.8. The van der Waals surface area contributed by atoms with E-state index in [-0.39, 0.29) is 5.91 Å². The Morgan fingerprint density at radius 2 is 2.00 bits per heavy atom. The van der Waals surface area contributed by atoms with Crippen molar-refractivity contribution in [3.63, 3.8) is 0 Å². The number of rotatable bonds is 5. The van der Waals surface area contributed by atoms with E-state index in [0.29, 0.717) is 17.7 Å². The number of nitrogens with zero attached hydrogens (tertiary/aromatic N) is 5. The zero-order valence-corrected chi connectivity index (χ0v) is 18.6. The first kappa shape index (κ1) is 20.2. The van der Waals surface area contributed by atoms with Gasteiger partial charge in [0.25, 0.3) is 0 Å². The lowest BCUT2D eigenvalue weighted by Crippen LogP contribution is -2.30. The summed E-state index contributed by atoms with van der Waals surface area (Å²) in [6, 6.07) is 12.5. The minimum Gasteiger partial charge on any atom is -0.311 e. The standard InChI is InChI=1S/C24H27N5OS/c1-17-7-2-4-10-20(17)29-23(19-9-6-13-25-15-19)26-27-24(29)31-16-22(30)28-14-12-18-8-3-5-11-21(18)28/h3,5-6,8-9,11,13,15,17,20H,2,4,7,10,12,14,16H2,1H3/t17-,20+/m1/s1. The molecule has 0 N–H and O–H groups in total. The molecule has 2 aromatic heterocycles. The van der Waals surface area contributed by atoms with Crippen molar-refractivity contribution >= 4 is 23.4 Å². The van der Waals surface area contributed by atoms with Gasteiger partial charge in [-0.3, -0.25) is 14.3 Å². The van der Waals surface area contributed by atoms with E-state index < -0.39 is 0 Å². The number of para-hydroxylation sites is 1. The Kier molecular flexibility index (Phi) is 5.76. The van der Waals surface area contributed by atoms with Gasteiger partial charge in [-0.25, -0.2) is 0 Å². The topological polar surface area (TPSA) is 63.9 Å². The van der Waals surface area contributed by atoms with Crippen molar-refractivity contribution in [2.45, 2.75) is 50.2 Å². The van der Waals surface area contributed by atoms with E-state index in [0.717, 1.165) is 41.6 Å². The van der Waals surface area contributed by atoms with E-state index in [1.165, 1.54) is 36.6 Å². The predicted octanol–water partition coefficient (Wildman–Crippen LogP) is 4.77. The van der Waals surface area contributed by atoms with E-state index in [9.17, 15) is 4.79 Å². The lowest BCUT2D eigenvalue weighted by atomic mass is 9.85. The van der Waals surface area contributed by atoms with Gasteiger partial charge in [0.15, 0.2) is 11.0 Å². The van der Waals surface area contributed by atoms with E-state index in [1.807, 2.05) is 41.4 Å². The van der Waals surface area contributed by atoms with Gasteiger partial charge in [0, 0.05) is 36.2 Å². The molecular weight excluding hydrogens is 406 g/mol. The molecule has 160 valence electrons. The third kappa shape index (κ3) is 3.99. The summed E-state index contributed by atoms with van der Waals surface area (Å²) in [5.41, 5.74) is 3.27. The molecule has 1 amide bonds. The van der Waals surface area contributed by atoms with Gasteiger partial charge in [0.2, 0.25) is 5.91 Å². The molecule has 31 heavy (non-hydrogen) atoms. The van der Waals surface area contributed by atoms with Crippen LogP contribution in [0.15, 0.2) is 53.9 Å². The fourth-order valence-electron chi connectivity index (χ4n) is 4.85. The zero-order chi connectivity index (χ0) is 21.2. The summed E-state index contributed by atoms with van der Waals surface area (Å²) in [6.07, 6.45) is 9.36. The summed E-state index contributed by atoms with van der Waals surface area (Å²) >= 11 is 1.51. The van der Waals surface area contributed by atoms with Crippen LogP contribution in [0.25, 0.3) is 11.4 Å². The fraction of sp³-hybridized carbons (Fsp3) is 0.417. The number of amides is 1. The average molecular weight is 434 g/mol. The normalized spacial score (nSPS) is 20.6. The number of thioether (sulfide) groups is 1. The molecule has 0 saturated heterocycles. The van der Waals surface area contributed by atoms with Gasteiger partial charge in [0.1, 0.15) is 0 Å². The highest BCUT2D eigenvalue weighted by Crippen LogP contribution is 2.39. The van der Waals surface area contributed by atoms with Crippen LogP contribution in [-0.4, -0.2) is 38.0 Å². The molecule has 1 aliphatic heterocycles. The molecule has 3 aromatic rings. The van der Waals surface area contributed by atoms with E-state index in [4.69, 9.17) is 0 Å². The molecule has 5 rings (SSSR count). The molecule has 0 radical (unpaired) electrons. The summed E-state index contributed by atoms with van der Waals surface area (Å²) in [4.78, 5) is 19.2. The highest BCUT2D eigenvalue weighted by molar-refractivity contribution is 7.99. The summed E-state index contributed by atoms with van der Waals surface area (Å²) in [5, 5.41) is 9.89. The van der Waals surface area contributed by atoms with Crippen molar-refractivity contribution in [3.05, 3.63) is 54.4 Å². The van der Waals surface area contributed by atoms with Crippen LogP contribution in [0.3, 0.4) is 0 Å². The van der Waals surface area contributed by atoms with Crippen LogP contribution in [-0.2, 0) is 11.2 Å². The quantitative estimate of drug-likeness (QED) is 0.542. The van der Waals surface area contributed by atoms with Crippen molar-refractivity contribution in [1.82, 2.24) is 19.7 Å². The monoisotopic (exact) mass is 433 g/mol. The third-order valence-corrected chi connectivity index (χ3v) is 7.42. The summed E-state index contributed by atoms with van der Waals surface area (Å²) < 4.78 is 2.27. The van der Waals surface area contributed by atoms with Gasteiger partial charge in [-0.1, -0.05) is 49.7 Å². The summed E-state index contributed by atoms with van der Waals surface area (Å²) in [6.45, 7) is 3.07. The average Bonchev–Trinajstić information content (AvgIpc) is 3.43. The molecule has 0 bridgehead atoms. The maximum Gasteiger partial charge on any atom is 0.237 e. The lowest BCUT2D eigenvalue weighted by Gasteiger charge is -2.31. The number of hydrogen-bond acceptors (Lipinski definition) is 5. The Bertz CT molecular complexity index is 1070. The number of benzene rings is 1. The lowest BCUT2D eigenvalue weighted by molar-refractivity contribution is -0.116. The van der Waals surface area contributed by atoms with Gasteiger partial charge in [-0.15, -0.1) is 10.2 Å². The minimum absolute atomic E-state index is 0.129. The highest BCUT2D eigenvalue weighted by Gasteiger charge is 2.30. The first-order valence-corrected chi connectivity index (χ1v) is 12.1. The molecule has 2 atom stereocenters. The van der Waals surface area contributed by atoms with E-state index in [1.54, 1.807) is 6.20 Å². The van der Waals surface area contributed by atoms with Gasteiger partial charge in [0.05, 0.1) is 5.75 Å². The third-order valence-electron chi connectivity index (χ3n) is 6.50. The smallest absolute Gasteiger partial charge is 0.237 e. The largest absolute Gasteiger partial charge is 0.311 e. The van der Waals surface area contributed by atoms with Gasteiger partial charge in [-0.05, 0) is 48.9 Å². The summed E-state index contributed by atoms with van der Waals surface area (Å²) in [5.74, 6) is 1.90. The van der Waals surface area contributed by atoms with Crippen molar-refractivity contribution < 1.29 is 4.79 Å². The number of fused-ring (bicyclic) bond motifs is 1. The maximum absolute atomic E-state index is 13.0. The molecular formula is C24H27N5OS. The van der Waals surface area contributed by atoms with Crippen molar-refractivity contribution in [2.24, 2.45) is 5.92 Å². The highest BCUT2D eigenvalue weighted by atomic mass is 32.2. The Hall–Kier alpha value is -2.67. The van der Waals surface area contributed by atoms with Crippen molar-refractivity contribution in [1.29, 1.82) is 0 Å². The number of aromatic nitrogens is 4. The molecule has 7 heteroatoms. The predicted molar refractivity (Wildman–Crippen MR) is 123 cm³/mol. The van der Waals surface area contributed by atoms with Crippen LogP contribution in [0.1, 0.15) is 44.2 Å². The van der Waals surface area contributed by atoms with Crippen LogP contribution in [0, 0.1) is 5.92 Å². The second-order valence-corrected chi connectivity index (χ2v) is 9.40. The van der Waals surface area contributed by atoms with Crippen LogP contribution in [0.2, 0.25) is 0 Å². The molecule has 1 fully saturated rings. The number of anilines is 1. The molecule has 2 aliphatic rings. The maximum atomic E-state index is 13.0. The Balaban J connectivity index is 1.40. The second-order valence-electron chi connectivity index (χ2n) is 8.46. The van der Waals surface area contributed by atoms with Crippen LogP contribution in [0.5, 0.6) is 0 Å². The van der Waals surface area contributed by atoms with E-state index >= 15 is 0 Å². The van der Waals surface area contributed by atoms with Crippen molar-refractivity contribution in [2.75, 3.05) is 17.2 Å².